The second kappa shape index (κ2) is 33.8. The minimum Gasteiger partial charge on any atom is -0.208 e. The lowest BCUT2D eigenvalue weighted by atomic mass is 9.82. The summed E-state index contributed by atoms with van der Waals surface area (Å²) in [6.45, 7) is 4.68. The van der Waals surface area contributed by atoms with Crippen LogP contribution in [0.5, 0.6) is 0 Å². The number of thiophene rings is 2. The quantitative estimate of drug-likeness (QED) is 0.123. The SMILES string of the molecule is CC1(C)c2ccccc2-c2c1ccc1c2ccc2ccc3cc(-c4nc(-c5ccccc5)nc(-c5ccccc5)n4)ccc3c21.c1ccc(-c2ccc(-c3nc(-c4ccccc4)nc(-c4ccc5c(ccc6ccc7ccc8c9ccccc9sc8c7c65)c4)n3)cc2)cc1.c1ccc(-c2nc(-c3ccc4ccccc4c3)nc(-c3ccc4c(ccc5ccc6c(ccc7c8ccccc8sc76)c54)c3)n2)cc1. The summed E-state index contributed by atoms with van der Waals surface area (Å²) >= 11 is 3.77. The van der Waals surface area contributed by atoms with Crippen LogP contribution in [0.15, 0.2) is 455 Å². The summed E-state index contributed by atoms with van der Waals surface area (Å²) in [6.07, 6.45) is 0. The van der Waals surface area contributed by atoms with E-state index >= 15 is 0 Å². The molecule has 0 saturated carbocycles. The molecule has 11 heteroatoms. The molecule has 0 bridgehead atoms. The van der Waals surface area contributed by atoms with Crippen molar-refractivity contribution in [3.05, 3.63) is 466 Å². The van der Waals surface area contributed by atoms with Gasteiger partial charge >= 0.3 is 0 Å². The molecule has 1 aliphatic rings. The highest BCUT2D eigenvalue weighted by atomic mass is 32.1. The third kappa shape index (κ3) is 14.5. The minimum absolute atomic E-state index is 0.0233. The smallest absolute Gasteiger partial charge is 0.164 e. The van der Waals surface area contributed by atoms with Crippen molar-refractivity contribution in [2.24, 2.45) is 0 Å². The third-order valence-electron chi connectivity index (χ3n) is 28.3. The van der Waals surface area contributed by atoms with Gasteiger partial charge in [-0.1, -0.05) is 432 Å². The van der Waals surface area contributed by atoms with Crippen LogP contribution < -0.4 is 0 Å². The van der Waals surface area contributed by atoms with Gasteiger partial charge in [-0.2, -0.15) is 0 Å². The van der Waals surface area contributed by atoms with E-state index in [0.29, 0.717) is 52.4 Å². The molecule has 0 unspecified atom stereocenters. The van der Waals surface area contributed by atoms with E-state index in [9.17, 15) is 0 Å². The molecule has 0 saturated heterocycles. The van der Waals surface area contributed by atoms with Crippen LogP contribution in [0.3, 0.4) is 0 Å². The van der Waals surface area contributed by atoms with E-state index in [2.05, 4.69) is 354 Å². The molecular weight excluding hydrogens is 1750 g/mol. The Hall–Kier alpha value is -17.9. The summed E-state index contributed by atoms with van der Waals surface area (Å²) in [5.41, 5.74) is 16.5. The van der Waals surface area contributed by atoms with E-state index in [0.717, 1.165) is 77.2 Å². The van der Waals surface area contributed by atoms with Crippen LogP contribution >= 0.6 is 22.7 Å². The van der Waals surface area contributed by atoms with Crippen molar-refractivity contribution in [3.63, 3.8) is 0 Å². The molecule has 0 radical (unpaired) electrons. The lowest BCUT2D eigenvalue weighted by Gasteiger charge is -2.21. The van der Waals surface area contributed by atoms with Gasteiger partial charge in [0.1, 0.15) is 0 Å². The molecule has 0 amide bonds. The first-order chi connectivity index (χ1) is 69.6. The average Bonchev–Trinajstić information content (AvgIpc) is 1.57. The Kier molecular flexibility index (Phi) is 19.8. The molecule has 0 aliphatic heterocycles. The lowest BCUT2D eigenvalue weighted by Crippen LogP contribution is -2.14. The average molecular weight is 1830 g/mol. The first-order valence-corrected chi connectivity index (χ1v) is 49.3. The normalized spacial score (nSPS) is 12.2. The van der Waals surface area contributed by atoms with Crippen LogP contribution in [-0.4, -0.2) is 44.9 Å². The van der Waals surface area contributed by atoms with Crippen molar-refractivity contribution in [2.45, 2.75) is 19.3 Å². The van der Waals surface area contributed by atoms with E-state index in [1.807, 2.05) is 138 Å². The van der Waals surface area contributed by atoms with Crippen molar-refractivity contribution in [2.75, 3.05) is 0 Å². The van der Waals surface area contributed by atoms with Crippen molar-refractivity contribution in [3.8, 4) is 125 Å². The van der Waals surface area contributed by atoms with Crippen molar-refractivity contribution >= 4 is 171 Å². The summed E-state index contributed by atoms with van der Waals surface area (Å²) < 4.78 is 5.33. The van der Waals surface area contributed by atoms with Gasteiger partial charge in [-0.05, 0) is 167 Å². The standard InChI is InChI=1S/C45H27N3S.C43H25N3S.C42H29N3/c1-3-9-28(10-4-1)29-15-20-33(21-16-29)44-46-43(32-11-5-2-6-12-32)47-45(48-44)35-24-25-36-34(27-35)22-19-30-17-18-31-23-26-38-37-13-7-8-14-39(37)49-42(38)41(31)40(30)36;1-2-9-28(10-3-1)41-44-42(31-17-14-26-8-4-5-11-29(26)24-31)46-43(45-41)32-19-20-33-30(25-32)16-15-27-18-21-37-35(39(27)33)22-23-36-34-12-6-7-13-38(34)47-40(36)37;1-42(2)35-16-10-9-15-34(35)38-33-22-19-26-17-18-29-25-30(20-21-31(29)37(26)32(33)23-24-36(38)42)41-44-39(27-11-5-3-6-12-27)43-40(45-41)28-13-7-4-8-14-28/h1-27H;1-25H;3-25H,1-2H3. The largest absolute Gasteiger partial charge is 0.208 e. The zero-order chi connectivity index (χ0) is 93.3. The van der Waals surface area contributed by atoms with E-state index in [-0.39, 0.29) is 5.41 Å². The molecular formula is C130H81N9S2. The van der Waals surface area contributed by atoms with E-state index < -0.39 is 0 Å². The Labute approximate surface area is 819 Å². The van der Waals surface area contributed by atoms with Gasteiger partial charge < -0.3 is 0 Å². The Morgan fingerprint density at radius 2 is 0.440 bits per heavy atom. The summed E-state index contributed by atoms with van der Waals surface area (Å²) in [5, 5.41) is 30.1. The Morgan fingerprint density at radius 1 is 0.163 bits per heavy atom. The number of hydrogen-bond acceptors (Lipinski definition) is 11. The molecule has 9 nitrogen and oxygen atoms in total. The van der Waals surface area contributed by atoms with E-state index in [1.54, 1.807) is 0 Å². The number of aromatic nitrogens is 9. The first kappa shape index (κ1) is 82.6. The third-order valence-corrected chi connectivity index (χ3v) is 30.7. The number of nitrogens with zero attached hydrogens (tertiary/aromatic N) is 9. The van der Waals surface area contributed by atoms with Gasteiger partial charge in [-0.3, -0.25) is 0 Å². The van der Waals surface area contributed by atoms with Gasteiger partial charge in [0.05, 0.1) is 0 Å². The highest BCUT2D eigenvalue weighted by Gasteiger charge is 2.37. The maximum atomic E-state index is 5.07. The molecule has 29 rings (SSSR count). The van der Waals surface area contributed by atoms with Crippen LogP contribution in [0.1, 0.15) is 25.0 Å². The van der Waals surface area contributed by atoms with Gasteiger partial charge in [0.2, 0.25) is 0 Å². The van der Waals surface area contributed by atoms with Crippen LogP contribution in [-0.2, 0) is 5.41 Å². The first-order valence-electron chi connectivity index (χ1n) is 47.7. The maximum Gasteiger partial charge on any atom is 0.164 e. The second-order valence-electron chi connectivity index (χ2n) is 36.9. The monoisotopic (exact) mass is 1830 g/mol. The predicted octanol–water partition coefficient (Wildman–Crippen LogP) is 34.9. The van der Waals surface area contributed by atoms with Crippen LogP contribution in [0.25, 0.3) is 273 Å². The fourth-order valence-electron chi connectivity index (χ4n) is 21.3. The van der Waals surface area contributed by atoms with E-state index in [1.165, 1.54) is 154 Å². The van der Waals surface area contributed by atoms with Crippen molar-refractivity contribution in [1.29, 1.82) is 0 Å². The molecule has 0 spiro atoms. The molecule has 141 heavy (non-hydrogen) atoms. The van der Waals surface area contributed by atoms with Gasteiger partial charge in [-0.15, -0.1) is 22.7 Å². The highest BCUT2D eigenvalue weighted by molar-refractivity contribution is 7.27. The number of rotatable bonds is 10. The molecule has 0 fully saturated rings. The molecule has 0 N–H and O–H groups in total. The van der Waals surface area contributed by atoms with Crippen LogP contribution in [0.2, 0.25) is 0 Å². The molecule has 658 valence electrons. The fraction of sp³-hybridized carbons (Fsp3) is 0.0231. The fourth-order valence-corrected chi connectivity index (χ4v) is 23.8. The number of hydrogen-bond donors (Lipinski definition) is 0. The molecule has 0 atom stereocenters. The minimum atomic E-state index is -0.0233. The molecule has 5 aromatic heterocycles. The summed E-state index contributed by atoms with van der Waals surface area (Å²) in [7, 11) is 0. The molecule has 28 aromatic rings. The molecule has 5 heterocycles. The number of benzene rings is 23. The topological polar surface area (TPSA) is 116 Å². The summed E-state index contributed by atoms with van der Waals surface area (Å²) in [4.78, 5) is 44.9. The lowest BCUT2D eigenvalue weighted by molar-refractivity contribution is 0.661. The zero-order valence-electron chi connectivity index (χ0n) is 76.6. The molecule has 1 aliphatic carbocycles. The van der Waals surface area contributed by atoms with E-state index in [4.69, 9.17) is 44.9 Å². The van der Waals surface area contributed by atoms with Gasteiger partial charge in [0.15, 0.2) is 52.4 Å². The van der Waals surface area contributed by atoms with Crippen molar-refractivity contribution < 1.29 is 0 Å². The Bertz CT molecular complexity index is 9910. The zero-order valence-corrected chi connectivity index (χ0v) is 78.3. The summed E-state index contributed by atoms with van der Waals surface area (Å²) in [6, 6.07) is 161. The van der Waals surface area contributed by atoms with Gasteiger partial charge in [-0.25, -0.2) is 44.9 Å². The van der Waals surface area contributed by atoms with Gasteiger partial charge in [0, 0.05) is 107 Å². The number of fused-ring (bicyclic) bond motifs is 28. The van der Waals surface area contributed by atoms with Crippen molar-refractivity contribution in [1.82, 2.24) is 44.9 Å². The van der Waals surface area contributed by atoms with Gasteiger partial charge in [0.25, 0.3) is 0 Å². The maximum absolute atomic E-state index is 5.07. The summed E-state index contributed by atoms with van der Waals surface area (Å²) in [5.74, 6) is 5.95. The van der Waals surface area contributed by atoms with Crippen LogP contribution in [0, 0.1) is 0 Å². The molecule has 23 aromatic carbocycles. The highest BCUT2D eigenvalue weighted by Crippen LogP contribution is 2.54. The predicted molar refractivity (Wildman–Crippen MR) is 592 cm³/mol. The van der Waals surface area contributed by atoms with Crippen LogP contribution in [0.4, 0.5) is 0 Å². The second-order valence-corrected chi connectivity index (χ2v) is 39.0. The Morgan fingerprint density at radius 3 is 0.922 bits per heavy atom. The Balaban J connectivity index is 0.000000106.